The maximum Gasteiger partial charge on any atom is 0.0991 e. The van der Waals surface area contributed by atoms with Crippen molar-refractivity contribution < 1.29 is 0 Å². The summed E-state index contributed by atoms with van der Waals surface area (Å²) in [5.74, 6) is 0. The summed E-state index contributed by atoms with van der Waals surface area (Å²) in [7, 11) is 0. The van der Waals surface area contributed by atoms with Crippen molar-refractivity contribution >= 4 is 0 Å². The molecule has 1 aliphatic heterocycles. The highest BCUT2D eigenvalue weighted by Crippen LogP contribution is 2.24. The zero-order valence-corrected chi connectivity index (χ0v) is 9.56. The van der Waals surface area contributed by atoms with Crippen molar-refractivity contribution in [3.05, 3.63) is 35.4 Å². The van der Waals surface area contributed by atoms with Crippen molar-refractivity contribution in [1.29, 1.82) is 5.26 Å². The van der Waals surface area contributed by atoms with Gasteiger partial charge < -0.3 is 5.73 Å². The van der Waals surface area contributed by atoms with Crippen LogP contribution in [-0.2, 0) is 0 Å². The fourth-order valence-corrected chi connectivity index (χ4v) is 2.21. The molecule has 2 atom stereocenters. The van der Waals surface area contributed by atoms with Gasteiger partial charge in [0.25, 0.3) is 0 Å². The summed E-state index contributed by atoms with van der Waals surface area (Å²) >= 11 is 0. The molecule has 1 saturated heterocycles. The predicted octanol–water partition coefficient (Wildman–Crippen LogP) is 1.65. The first kappa shape index (κ1) is 11.1. The molecular formula is C13H17N3. The van der Waals surface area contributed by atoms with Gasteiger partial charge in [-0.05, 0) is 31.0 Å². The SMILES string of the molecule is CC(c1ccc(C#N)cc1)N1CCC(N)C1. The molecule has 0 amide bonds. The van der Waals surface area contributed by atoms with Crippen LogP contribution >= 0.6 is 0 Å². The molecule has 2 unspecified atom stereocenters. The number of hydrogen-bond acceptors (Lipinski definition) is 3. The van der Waals surface area contributed by atoms with E-state index in [0.29, 0.717) is 17.6 Å². The summed E-state index contributed by atoms with van der Waals surface area (Å²) in [5.41, 5.74) is 7.88. The highest BCUT2D eigenvalue weighted by molar-refractivity contribution is 5.32. The molecule has 0 saturated carbocycles. The molecule has 3 nitrogen and oxygen atoms in total. The van der Waals surface area contributed by atoms with Crippen molar-refractivity contribution in [1.82, 2.24) is 4.90 Å². The van der Waals surface area contributed by atoms with E-state index < -0.39 is 0 Å². The number of likely N-dealkylation sites (tertiary alicyclic amines) is 1. The molecule has 1 aliphatic rings. The van der Waals surface area contributed by atoms with E-state index in [1.807, 2.05) is 24.3 Å². The number of nitriles is 1. The number of rotatable bonds is 2. The maximum absolute atomic E-state index is 8.74. The van der Waals surface area contributed by atoms with Gasteiger partial charge in [-0.2, -0.15) is 5.26 Å². The van der Waals surface area contributed by atoms with E-state index in [-0.39, 0.29) is 0 Å². The molecule has 84 valence electrons. The van der Waals surface area contributed by atoms with Gasteiger partial charge in [0.15, 0.2) is 0 Å². The number of nitrogens with two attached hydrogens (primary N) is 1. The molecule has 1 heterocycles. The normalized spacial score (nSPS) is 22.9. The third-order valence-electron chi connectivity index (χ3n) is 3.33. The Morgan fingerprint density at radius 1 is 1.44 bits per heavy atom. The molecule has 1 aromatic carbocycles. The number of nitrogens with zero attached hydrogens (tertiary/aromatic N) is 2. The topological polar surface area (TPSA) is 53.0 Å². The number of hydrogen-bond donors (Lipinski definition) is 1. The average molecular weight is 215 g/mol. The molecule has 0 aromatic heterocycles. The standard InChI is InChI=1S/C13H17N3/c1-10(16-7-6-13(15)9-16)12-4-2-11(8-14)3-5-12/h2-5,10,13H,6-7,9,15H2,1H3. The Bertz CT molecular complexity index is 391. The van der Waals surface area contributed by atoms with E-state index >= 15 is 0 Å². The molecule has 1 aromatic rings. The highest BCUT2D eigenvalue weighted by atomic mass is 15.2. The first-order chi connectivity index (χ1) is 7.70. The van der Waals surface area contributed by atoms with Crippen molar-refractivity contribution in [2.24, 2.45) is 5.73 Å². The second kappa shape index (κ2) is 4.65. The first-order valence-corrected chi connectivity index (χ1v) is 5.70. The van der Waals surface area contributed by atoms with E-state index in [2.05, 4.69) is 17.9 Å². The van der Waals surface area contributed by atoms with Gasteiger partial charge in [-0.15, -0.1) is 0 Å². The predicted molar refractivity (Wildman–Crippen MR) is 63.7 cm³/mol. The van der Waals surface area contributed by atoms with Gasteiger partial charge in [0.2, 0.25) is 0 Å². The van der Waals surface area contributed by atoms with Crippen LogP contribution in [0.4, 0.5) is 0 Å². The van der Waals surface area contributed by atoms with E-state index in [0.717, 1.165) is 19.5 Å². The van der Waals surface area contributed by atoms with Crippen LogP contribution in [0.25, 0.3) is 0 Å². The fourth-order valence-electron chi connectivity index (χ4n) is 2.21. The Balaban J connectivity index is 2.09. The van der Waals surface area contributed by atoms with Crippen molar-refractivity contribution in [2.45, 2.75) is 25.4 Å². The van der Waals surface area contributed by atoms with Crippen molar-refractivity contribution in [2.75, 3.05) is 13.1 Å². The Hall–Kier alpha value is -1.37. The van der Waals surface area contributed by atoms with Crippen LogP contribution in [0.1, 0.15) is 30.5 Å². The largest absolute Gasteiger partial charge is 0.326 e. The van der Waals surface area contributed by atoms with Crippen molar-refractivity contribution in [3.63, 3.8) is 0 Å². The molecular weight excluding hydrogens is 198 g/mol. The van der Waals surface area contributed by atoms with Crippen LogP contribution in [0.15, 0.2) is 24.3 Å². The van der Waals surface area contributed by atoms with E-state index in [1.54, 1.807) is 0 Å². The fraction of sp³-hybridized carbons (Fsp3) is 0.462. The summed E-state index contributed by atoms with van der Waals surface area (Å²) in [5, 5.41) is 8.74. The molecule has 1 fully saturated rings. The second-order valence-electron chi connectivity index (χ2n) is 4.45. The van der Waals surface area contributed by atoms with E-state index in [1.165, 1.54) is 5.56 Å². The Morgan fingerprint density at radius 3 is 2.62 bits per heavy atom. The van der Waals surface area contributed by atoms with Crippen LogP contribution in [0.5, 0.6) is 0 Å². The van der Waals surface area contributed by atoms with Crippen LogP contribution in [0.3, 0.4) is 0 Å². The summed E-state index contributed by atoms with van der Waals surface area (Å²) in [4.78, 5) is 2.39. The Labute approximate surface area is 96.5 Å². The Kier molecular flexibility index (Phi) is 3.23. The van der Waals surface area contributed by atoms with E-state index in [9.17, 15) is 0 Å². The lowest BCUT2D eigenvalue weighted by Crippen LogP contribution is -2.28. The van der Waals surface area contributed by atoms with Gasteiger partial charge in [0.1, 0.15) is 0 Å². The van der Waals surface area contributed by atoms with Gasteiger partial charge in [-0.1, -0.05) is 12.1 Å². The molecule has 0 aliphatic carbocycles. The van der Waals surface area contributed by atoms with Crippen LogP contribution < -0.4 is 5.73 Å². The molecule has 0 spiro atoms. The van der Waals surface area contributed by atoms with Gasteiger partial charge >= 0.3 is 0 Å². The van der Waals surface area contributed by atoms with Gasteiger partial charge in [0.05, 0.1) is 11.6 Å². The smallest absolute Gasteiger partial charge is 0.0991 e. The maximum atomic E-state index is 8.74. The molecule has 2 N–H and O–H groups in total. The Morgan fingerprint density at radius 2 is 2.12 bits per heavy atom. The minimum Gasteiger partial charge on any atom is -0.326 e. The minimum atomic E-state index is 0.320. The minimum absolute atomic E-state index is 0.320. The van der Waals surface area contributed by atoms with Gasteiger partial charge in [0, 0.05) is 25.2 Å². The van der Waals surface area contributed by atoms with Crippen LogP contribution in [0.2, 0.25) is 0 Å². The van der Waals surface area contributed by atoms with Gasteiger partial charge in [-0.25, -0.2) is 0 Å². The van der Waals surface area contributed by atoms with E-state index in [4.69, 9.17) is 11.0 Å². The summed E-state index contributed by atoms with van der Waals surface area (Å²) in [6.45, 7) is 4.24. The monoisotopic (exact) mass is 215 g/mol. The molecule has 0 bridgehead atoms. The zero-order chi connectivity index (χ0) is 11.5. The lowest BCUT2D eigenvalue weighted by Gasteiger charge is -2.24. The quantitative estimate of drug-likeness (QED) is 0.816. The molecule has 2 rings (SSSR count). The third kappa shape index (κ3) is 2.24. The zero-order valence-electron chi connectivity index (χ0n) is 9.56. The van der Waals surface area contributed by atoms with Crippen LogP contribution in [0, 0.1) is 11.3 Å². The second-order valence-corrected chi connectivity index (χ2v) is 4.45. The summed E-state index contributed by atoms with van der Waals surface area (Å²) < 4.78 is 0. The summed E-state index contributed by atoms with van der Waals surface area (Å²) in [6, 6.07) is 10.7. The molecule has 16 heavy (non-hydrogen) atoms. The molecule has 0 radical (unpaired) electrons. The number of benzene rings is 1. The van der Waals surface area contributed by atoms with Gasteiger partial charge in [-0.3, -0.25) is 4.90 Å². The highest BCUT2D eigenvalue weighted by Gasteiger charge is 2.24. The van der Waals surface area contributed by atoms with Crippen LogP contribution in [-0.4, -0.2) is 24.0 Å². The lowest BCUT2D eigenvalue weighted by atomic mass is 10.1. The lowest BCUT2D eigenvalue weighted by molar-refractivity contribution is 0.260. The summed E-state index contributed by atoms with van der Waals surface area (Å²) in [6.07, 6.45) is 1.08. The first-order valence-electron chi connectivity index (χ1n) is 5.70. The molecule has 3 heteroatoms. The van der Waals surface area contributed by atoms with Crippen molar-refractivity contribution in [3.8, 4) is 6.07 Å². The third-order valence-corrected chi connectivity index (χ3v) is 3.33. The average Bonchev–Trinajstić information content (AvgIpc) is 2.75.